The first kappa shape index (κ1) is 18.1. The first-order chi connectivity index (χ1) is 10.5. The summed E-state index contributed by atoms with van der Waals surface area (Å²) >= 11 is 5.83. The Bertz CT molecular complexity index is 512. The number of piperidine rings is 1. The van der Waals surface area contributed by atoms with E-state index in [4.69, 9.17) is 21.8 Å². The van der Waals surface area contributed by atoms with Crippen molar-refractivity contribution in [2.75, 3.05) is 13.1 Å². The number of carboxylic acids is 2. The molecule has 0 aromatic carbocycles. The molecule has 1 aliphatic rings. The standard InChI is InChI=1S/C11H15ClN2.C4H4O4/c12-11-8-10(4-5-13-11)9-14-6-2-1-3-7-14;5-3(6)1-2-4(7)8/h4-5,8H,1-3,6-7,9H2;1-2H,(H,5,6)(H,7,8)/b;2-1+. The highest BCUT2D eigenvalue weighted by molar-refractivity contribution is 6.29. The van der Waals surface area contributed by atoms with Crippen LogP contribution in [-0.2, 0) is 16.1 Å². The molecule has 7 heteroatoms. The third-order valence-electron chi connectivity index (χ3n) is 3.01. The van der Waals surface area contributed by atoms with E-state index in [9.17, 15) is 9.59 Å². The maximum atomic E-state index is 9.55. The van der Waals surface area contributed by atoms with Crippen LogP contribution in [0.2, 0.25) is 5.15 Å². The van der Waals surface area contributed by atoms with Crippen LogP contribution in [0.3, 0.4) is 0 Å². The third kappa shape index (κ3) is 8.39. The fraction of sp³-hybridized carbons (Fsp3) is 0.400. The van der Waals surface area contributed by atoms with Gasteiger partial charge in [-0.2, -0.15) is 0 Å². The number of nitrogens with zero attached hydrogens (tertiary/aromatic N) is 2. The molecular weight excluding hydrogens is 308 g/mol. The maximum Gasteiger partial charge on any atom is 0.328 e. The number of halogens is 1. The molecule has 0 bridgehead atoms. The van der Waals surface area contributed by atoms with E-state index in [0.29, 0.717) is 17.3 Å². The Balaban J connectivity index is 0.000000261. The lowest BCUT2D eigenvalue weighted by molar-refractivity contribution is -0.134. The molecule has 0 atom stereocenters. The predicted molar refractivity (Wildman–Crippen MR) is 82.8 cm³/mol. The number of pyridine rings is 1. The number of aliphatic carboxylic acids is 2. The van der Waals surface area contributed by atoms with E-state index < -0.39 is 11.9 Å². The topological polar surface area (TPSA) is 90.7 Å². The summed E-state index contributed by atoms with van der Waals surface area (Å²) in [6, 6.07) is 4.00. The van der Waals surface area contributed by atoms with E-state index in [2.05, 4.69) is 9.88 Å². The van der Waals surface area contributed by atoms with Crippen molar-refractivity contribution >= 4 is 23.5 Å². The fourth-order valence-corrected chi connectivity index (χ4v) is 2.26. The van der Waals surface area contributed by atoms with Crippen LogP contribution < -0.4 is 0 Å². The van der Waals surface area contributed by atoms with Gasteiger partial charge in [0.2, 0.25) is 0 Å². The molecule has 0 spiro atoms. The first-order valence-electron chi connectivity index (χ1n) is 6.94. The molecule has 6 nitrogen and oxygen atoms in total. The van der Waals surface area contributed by atoms with Crippen LogP contribution in [0, 0.1) is 0 Å². The second-order valence-electron chi connectivity index (χ2n) is 4.83. The van der Waals surface area contributed by atoms with Gasteiger partial charge in [0.1, 0.15) is 5.15 Å². The highest BCUT2D eigenvalue weighted by Gasteiger charge is 2.10. The van der Waals surface area contributed by atoms with Crippen LogP contribution in [0.1, 0.15) is 24.8 Å². The number of likely N-dealkylation sites (tertiary alicyclic amines) is 1. The van der Waals surface area contributed by atoms with Gasteiger partial charge in [-0.05, 0) is 43.6 Å². The molecule has 120 valence electrons. The summed E-state index contributed by atoms with van der Waals surface area (Å²) in [6.45, 7) is 3.46. The van der Waals surface area contributed by atoms with E-state index in [1.807, 2.05) is 12.1 Å². The van der Waals surface area contributed by atoms with Crippen molar-refractivity contribution in [1.82, 2.24) is 9.88 Å². The van der Waals surface area contributed by atoms with Gasteiger partial charge in [0.25, 0.3) is 0 Å². The molecule has 1 aliphatic heterocycles. The molecule has 0 radical (unpaired) electrons. The Hall–Kier alpha value is -1.92. The molecule has 2 heterocycles. The molecular formula is C15H19ClN2O4. The van der Waals surface area contributed by atoms with E-state index in [-0.39, 0.29) is 0 Å². The number of hydrogen-bond donors (Lipinski definition) is 2. The Morgan fingerprint density at radius 2 is 1.77 bits per heavy atom. The Morgan fingerprint density at radius 3 is 2.27 bits per heavy atom. The zero-order valence-corrected chi connectivity index (χ0v) is 12.9. The van der Waals surface area contributed by atoms with Crippen molar-refractivity contribution in [3.05, 3.63) is 41.2 Å². The lowest BCUT2D eigenvalue weighted by Gasteiger charge is -2.26. The summed E-state index contributed by atoms with van der Waals surface area (Å²) in [4.78, 5) is 25.6. The van der Waals surface area contributed by atoms with Crippen LogP contribution in [0.15, 0.2) is 30.5 Å². The molecule has 0 amide bonds. The summed E-state index contributed by atoms with van der Waals surface area (Å²) in [7, 11) is 0. The highest BCUT2D eigenvalue weighted by Crippen LogP contribution is 2.14. The third-order valence-corrected chi connectivity index (χ3v) is 3.22. The molecule has 2 N–H and O–H groups in total. The zero-order valence-electron chi connectivity index (χ0n) is 12.1. The van der Waals surface area contributed by atoms with Crippen LogP contribution >= 0.6 is 11.6 Å². The molecule has 1 aromatic rings. The van der Waals surface area contributed by atoms with Gasteiger partial charge in [0.15, 0.2) is 0 Å². The van der Waals surface area contributed by atoms with Gasteiger partial charge >= 0.3 is 11.9 Å². The van der Waals surface area contributed by atoms with Gasteiger partial charge in [-0.3, -0.25) is 4.90 Å². The van der Waals surface area contributed by atoms with Crippen molar-refractivity contribution < 1.29 is 19.8 Å². The van der Waals surface area contributed by atoms with E-state index in [0.717, 1.165) is 6.54 Å². The summed E-state index contributed by atoms with van der Waals surface area (Å²) in [5, 5.41) is 16.2. The molecule has 2 rings (SSSR count). The highest BCUT2D eigenvalue weighted by atomic mass is 35.5. The number of aromatic nitrogens is 1. The SMILES string of the molecule is Clc1cc(CN2CCCCC2)ccn1.O=C(O)/C=C/C(=O)O. The smallest absolute Gasteiger partial charge is 0.328 e. The largest absolute Gasteiger partial charge is 0.478 e. The number of hydrogen-bond acceptors (Lipinski definition) is 4. The molecule has 22 heavy (non-hydrogen) atoms. The average Bonchev–Trinajstić information content (AvgIpc) is 2.47. The minimum atomic E-state index is -1.26. The van der Waals surface area contributed by atoms with Crippen LogP contribution in [0.4, 0.5) is 0 Å². The first-order valence-corrected chi connectivity index (χ1v) is 7.32. The predicted octanol–water partition coefficient (Wildman–Crippen LogP) is 2.43. The van der Waals surface area contributed by atoms with Crippen molar-refractivity contribution in [1.29, 1.82) is 0 Å². The minimum Gasteiger partial charge on any atom is -0.478 e. The Labute approximate surface area is 134 Å². The second-order valence-corrected chi connectivity index (χ2v) is 5.22. The Kier molecular flexibility index (Phi) is 8.17. The zero-order chi connectivity index (χ0) is 16.4. The van der Waals surface area contributed by atoms with Gasteiger partial charge in [-0.25, -0.2) is 14.6 Å². The van der Waals surface area contributed by atoms with Gasteiger partial charge in [0.05, 0.1) is 0 Å². The van der Waals surface area contributed by atoms with Gasteiger partial charge in [0, 0.05) is 24.9 Å². The van der Waals surface area contributed by atoms with Gasteiger partial charge in [-0.1, -0.05) is 18.0 Å². The summed E-state index contributed by atoms with van der Waals surface area (Å²) < 4.78 is 0. The second kappa shape index (κ2) is 9.92. The minimum absolute atomic E-state index is 0.558. The van der Waals surface area contributed by atoms with Crippen LogP contribution in [0.5, 0.6) is 0 Å². The molecule has 1 fully saturated rings. The van der Waals surface area contributed by atoms with E-state index in [1.54, 1.807) is 6.20 Å². The van der Waals surface area contributed by atoms with E-state index in [1.165, 1.54) is 37.9 Å². The summed E-state index contributed by atoms with van der Waals surface area (Å²) in [6.07, 6.45) is 6.94. The summed E-state index contributed by atoms with van der Waals surface area (Å²) in [5.41, 5.74) is 1.27. The van der Waals surface area contributed by atoms with E-state index >= 15 is 0 Å². The molecule has 1 aromatic heterocycles. The molecule has 0 saturated carbocycles. The fourth-order valence-electron chi connectivity index (χ4n) is 2.06. The van der Waals surface area contributed by atoms with Gasteiger partial charge in [-0.15, -0.1) is 0 Å². The molecule has 0 unspecified atom stereocenters. The van der Waals surface area contributed by atoms with Crippen molar-refractivity contribution in [2.45, 2.75) is 25.8 Å². The van der Waals surface area contributed by atoms with Gasteiger partial charge < -0.3 is 10.2 Å². The quantitative estimate of drug-likeness (QED) is 0.652. The van der Waals surface area contributed by atoms with Crippen molar-refractivity contribution in [3.63, 3.8) is 0 Å². The lowest BCUT2D eigenvalue weighted by Crippen LogP contribution is -2.29. The van der Waals surface area contributed by atoms with Crippen molar-refractivity contribution in [2.24, 2.45) is 0 Å². The van der Waals surface area contributed by atoms with Crippen LogP contribution in [-0.4, -0.2) is 45.1 Å². The molecule has 1 saturated heterocycles. The number of rotatable bonds is 4. The van der Waals surface area contributed by atoms with Crippen molar-refractivity contribution in [3.8, 4) is 0 Å². The monoisotopic (exact) mass is 326 g/mol. The average molecular weight is 327 g/mol. The number of carbonyl (C=O) groups is 2. The number of carboxylic acid groups (broad SMARTS) is 2. The molecule has 0 aliphatic carbocycles. The maximum absolute atomic E-state index is 9.55. The lowest BCUT2D eigenvalue weighted by atomic mass is 10.1. The summed E-state index contributed by atoms with van der Waals surface area (Å²) in [5.74, 6) is -2.51. The normalized spacial score (nSPS) is 15.1. The Morgan fingerprint density at radius 1 is 1.18 bits per heavy atom. The van der Waals surface area contributed by atoms with Crippen LogP contribution in [0.25, 0.3) is 0 Å².